The molecule has 1 aromatic carbocycles. The number of alkyl carbamates (subject to hydrolysis) is 1. The first-order valence-electron chi connectivity index (χ1n) is 7.33. The summed E-state index contributed by atoms with van der Waals surface area (Å²) in [6.45, 7) is 7.49. The van der Waals surface area contributed by atoms with E-state index >= 15 is 0 Å². The molecule has 1 amide bonds. The highest BCUT2D eigenvalue weighted by Gasteiger charge is 2.46. The van der Waals surface area contributed by atoms with Crippen LogP contribution in [0.1, 0.15) is 39.2 Å². The molecule has 113 valence electrons. The molecule has 1 fully saturated rings. The standard InChI is InChI=1S/C16H23BNO3/c1-15(2,3)21-14(20)18-16(9-13(19)10-16)11-5-7-12(17-4)8-6-11/h5-8,13,19H,9-10H2,1-4H3,(H,18,20). The van der Waals surface area contributed by atoms with Crippen molar-refractivity contribution < 1.29 is 14.6 Å². The van der Waals surface area contributed by atoms with Gasteiger partial charge in [-0.2, -0.15) is 0 Å². The first-order valence-corrected chi connectivity index (χ1v) is 7.33. The van der Waals surface area contributed by atoms with Gasteiger partial charge in [0.2, 0.25) is 0 Å². The summed E-state index contributed by atoms with van der Waals surface area (Å²) in [4.78, 5) is 12.0. The lowest BCUT2D eigenvalue weighted by atomic mass is 9.68. The van der Waals surface area contributed by atoms with Crippen LogP contribution in [0.4, 0.5) is 4.79 Å². The largest absolute Gasteiger partial charge is 0.444 e. The van der Waals surface area contributed by atoms with E-state index in [4.69, 9.17) is 4.74 Å². The molecule has 0 spiro atoms. The van der Waals surface area contributed by atoms with Gasteiger partial charge in [0.15, 0.2) is 0 Å². The zero-order chi connectivity index (χ0) is 15.7. The van der Waals surface area contributed by atoms with Gasteiger partial charge in [-0.15, -0.1) is 0 Å². The van der Waals surface area contributed by atoms with Gasteiger partial charge in [0.05, 0.1) is 11.6 Å². The van der Waals surface area contributed by atoms with Crippen LogP contribution in [0.5, 0.6) is 0 Å². The van der Waals surface area contributed by atoms with Gasteiger partial charge >= 0.3 is 6.09 Å². The normalized spacial score (nSPS) is 24.9. The Morgan fingerprint density at radius 3 is 2.33 bits per heavy atom. The summed E-state index contributed by atoms with van der Waals surface area (Å²) in [5.41, 5.74) is 1.08. The Balaban J connectivity index is 2.15. The summed E-state index contributed by atoms with van der Waals surface area (Å²) in [5, 5.41) is 12.6. The number of hydrogen-bond acceptors (Lipinski definition) is 3. The molecule has 4 nitrogen and oxygen atoms in total. The Morgan fingerprint density at radius 2 is 1.90 bits per heavy atom. The van der Waals surface area contributed by atoms with E-state index in [0.29, 0.717) is 12.8 Å². The van der Waals surface area contributed by atoms with Gasteiger partial charge < -0.3 is 15.2 Å². The van der Waals surface area contributed by atoms with Gasteiger partial charge in [-0.25, -0.2) is 4.79 Å². The van der Waals surface area contributed by atoms with E-state index in [1.54, 1.807) is 0 Å². The topological polar surface area (TPSA) is 58.6 Å². The molecule has 0 aromatic heterocycles. The highest BCUT2D eigenvalue weighted by atomic mass is 16.6. The van der Waals surface area contributed by atoms with Crippen molar-refractivity contribution in [2.24, 2.45) is 0 Å². The van der Waals surface area contributed by atoms with Crippen molar-refractivity contribution in [3.05, 3.63) is 29.8 Å². The second-order valence-electron chi connectivity index (χ2n) is 6.68. The van der Waals surface area contributed by atoms with Crippen molar-refractivity contribution >= 4 is 18.8 Å². The van der Waals surface area contributed by atoms with E-state index < -0.39 is 17.2 Å². The predicted molar refractivity (Wildman–Crippen MR) is 84.0 cm³/mol. The quantitative estimate of drug-likeness (QED) is 0.836. The summed E-state index contributed by atoms with van der Waals surface area (Å²) in [6, 6.07) is 8.02. The fraction of sp³-hybridized carbons (Fsp3) is 0.562. The van der Waals surface area contributed by atoms with E-state index in [-0.39, 0.29) is 6.10 Å². The summed E-state index contributed by atoms with van der Waals surface area (Å²) < 4.78 is 5.33. The number of aliphatic hydroxyl groups is 1. The predicted octanol–water partition coefficient (Wildman–Crippen LogP) is 1.94. The first-order chi connectivity index (χ1) is 9.74. The van der Waals surface area contributed by atoms with Crippen LogP contribution >= 0.6 is 0 Å². The SMILES string of the molecule is C[B]c1ccc(C2(NC(=O)OC(C)(C)C)CC(O)C2)cc1. The molecular formula is C16H23BNO3. The third kappa shape index (κ3) is 3.79. The van der Waals surface area contributed by atoms with E-state index in [0.717, 1.165) is 11.0 Å². The summed E-state index contributed by atoms with van der Waals surface area (Å²) in [5.74, 6) is 0. The molecular weight excluding hydrogens is 265 g/mol. The number of ether oxygens (including phenoxy) is 1. The van der Waals surface area contributed by atoms with Gasteiger partial charge in [0, 0.05) is 12.8 Å². The Labute approximate surface area is 127 Å². The minimum Gasteiger partial charge on any atom is -0.444 e. The third-order valence-electron chi connectivity index (χ3n) is 3.70. The zero-order valence-corrected chi connectivity index (χ0v) is 13.1. The fourth-order valence-corrected chi connectivity index (χ4v) is 2.65. The van der Waals surface area contributed by atoms with Crippen molar-refractivity contribution in [3.8, 4) is 0 Å². The molecule has 1 aliphatic rings. The molecule has 2 rings (SSSR count). The van der Waals surface area contributed by atoms with Crippen LogP contribution in [-0.4, -0.2) is 30.2 Å². The number of nitrogens with one attached hydrogen (secondary N) is 1. The Hall–Kier alpha value is -1.49. The molecule has 0 bridgehead atoms. The van der Waals surface area contributed by atoms with Crippen LogP contribution in [-0.2, 0) is 10.3 Å². The molecule has 21 heavy (non-hydrogen) atoms. The summed E-state index contributed by atoms with van der Waals surface area (Å²) in [7, 11) is 2.02. The highest BCUT2D eigenvalue weighted by molar-refractivity contribution is 6.51. The van der Waals surface area contributed by atoms with Crippen LogP contribution in [0, 0.1) is 0 Å². The van der Waals surface area contributed by atoms with Crippen molar-refractivity contribution in [1.82, 2.24) is 5.32 Å². The van der Waals surface area contributed by atoms with Crippen molar-refractivity contribution in [1.29, 1.82) is 0 Å². The molecule has 0 unspecified atom stereocenters. The molecule has 1 aromatic rings. The minimum atomic E-state index is -0.533. The number of aliphatic hydroxyl groups excluding tert-OH is 1. The maximum atomic E-state index is 12.0. The van der Waals surface area contributed by atoms with E-state index in [9.17, 15) is 9.90 Å². The van der Waals surface area contributed by atoms with Crippen LogP contribution in [0.15, 0.2) is 24.3 Å². The smallest absolute Gasteiger partial charge is 0.408 e. The number of benzene rings is 1. The Kier molecular flexibility index (Phi) is 4.33. The molecule has 2 N–H and O–H groups in total. The summed E-state index contributed by atoms with van der Waals surface area (Å²) >= 11 is 0. The monoisotopic (exact) mass is 288 g/mol. The maximum Gasteiger partial charge on any atom is 0.408 e. The van der Waals surface area contributed by atoms with Crippen molar-refractivity contribution in [2.45, 2.75) is 57.7 Å². The number of carbonyl (C=O) groups is 1. The number of carbonyl (C=O) groups excluding carboxylic acids is 1. The van der Waals surface area contributed by atoms with E-state index in [1.165, 1.54) is 0 Å². The molecule has 0 atom stereocenters. The molecule has 0 aliphatic heterocycles. The first kappa shape index (κ1) is 15.9. The molecule has 1 aliphatic carbocycles. The fourth-order valence-electron chi connectivity index (χ4n) is 2.65. The molecule has 0 saturated heterocycles. The second kappa shape index (κ2) is 5.72. The minimum absolute atomic E-state index is 0.377. The lowest BCUT2D eigenvalue weighted by Crippen LogP contribution is -2.57. The Morgan fingerprint density at radius 1 is 1.33 bits per heavy atom. The zero-order valence-electron chi connectivity index (χ0n) is 13.1. The maximum absolute atomic E-state index is 12.0. The van der Waals surface area contributed by atoms with Gasteiger partial charge in [-0.05, 0) is 26.3 Å². The second-order valence-corrected chi connectivity index (χ2v) is 6.68. The van der Waals surface area contributed by atoms with Crippen LogP contribution < -0.4 is 10.8 Å². The van der Waals surface area contributed by atoms with Crippen LogP contribution in [0.3, 0.4) is 0 Å². The van der Waals surface area contributed by atoms with Crippen molar-refractivity contribution in [3.63, 3.8) is 0 Å². The van der Waals surface area contributed by atoms with Crippen LogP contribution in [0.2, 0.25) is 6.82 Å². The third-order valence-corrected chi connectivity index (χ3v) is 3.70. The lowest BCUT2D eigenvalue weighted by molar-refractivity contribution is -0.0124. The van der Waals surface area contributed by atoms with Gasteiger partial charge in [-0.1, -0.05) is 36.6 Å². The number of amides is 1. The van der Waals surface area contributed by atoms with Gasteiger partial charge in [-0.3, -0.25) is 0 Å². The highest BCUT2D eigenvalue weighted by Crippen LogP contribution is 2.41. The van der Waals surface area contributed by atoms with Gasteiger partial charge in [0.1, 0.15) is 12.9 Å². The van der Waals surface area contributed by atoms with Crippen molar-refractivity contribution in [2.75, 3.05) is 0 Å². The molecule has 1 saturated carbocycles. The summed E-state index contributed by atoms with van der Waals surface area (Å²) in [6.07, 6.45) is 0.209. The van der Waals surface area contributed by atoms with E-state index in [2.05, 4.69) is 5.32 Å². The number of hydrogen-bond donors (Lipinski definition) is 2. The van der Waals surface area contributed by atoms with Gasteiger partial charge in [0.25, 0.3) is 0 Å². The molecule has 5 heteroatoms. The molecule has 1 radical (unpaired) electrons. The van der Waals surface area contributed by atoms with Crippen LogP contribution in [0.25, 0.3) is 0 Å². The average molecular weight is 288 g/mol. The number of rotatable bonds is 3. The molecule has 0 heterocycles. The Bertz CT molecular complexity index is 501. The lowest BCUT2D eigenvalue weighted by Gasteiger charge is -2.46. The van der Waals surface area contributed by atoms with E-state index in [1.807, 2.05) is 59.1 Å². The average Bonchev–Trinajstić information content (AvgIpc) is 2.34.